The van der Waals surface area contributed by atoms with Gasteiger partial charge in [-0.3, -0.25) is 0 Å². The van der Waals surface area contributed by atoms with Crippen molar-refractivity contribution in [3.05, 3.63) is 60.6 Å². The molecule has 2 N–H and O–H groups in total. The first kappa shape index (κ1) is 18.4. The lowest BCUT2D eigenvalue weighted by molar-refractivity contribution is 0.212. The third kappa shape index (κ3) is 3.20. The van der Waals surface area contributed by atoms with E-state index in [1.54, 1.807) is 18.3 Å². The fourth-order valence-electron chi connectivity index (χ4n) is 4.00. The number of hydrogen-bond acceptors (Lipinski definition) is 7. The number of rotatable bonds is 4. The summed E-state index contributed by atoms with van der Waals surface area (Å²) in [4.78, 5) is 6.56. The summed E-state index contributed by atoms with van der Waals surface area (Å²) in [6.45, 7) is 5.13. The Morgan fingerprint density at radius 1 is 1.27 bits per heavy atom. The summed E-state index contributed by atoms with van der Waals surface area (Å²) in [6, 6.07) is 10.2. The Morgan fingerprint density at radius 2 is 2.17 bits per heavy atom. The van der Waals surface area contributed by atoms with Crippen molar-refractivity contribution in [2.45, 2.75) is 18.6 Å². The van der Waals surface area contributed by atoms with Crippen LogP contribution in [0.1, 0.15) is 12.0 Å². The Kier molecular flexibility index (Phi) is 4.46. The van der Waals surface area contributed by atoms with Crippen LogP contribution in [0.5, 0.6) is 11.6 Å². The first-order chi connectivity index (χ1) is 14.6. The number of phenolic OH excluding ortho intramolecular Hbond substituents is 1. The zero-order valence-electron chi connectivity index (χ0n) is 16.1. The predicted octanol–water partition coefficient (Wildman–Crippen LogP) is 3.48. The van der Waals surface area contributed by atoms with Crippen LogP contribution >= 0.6 is 0 Å². The van der Waals surface area contributed by atoms with Gasteiger partial charge in [-0.15, -0.1) is 10.2 Å². The molecule has 7 nitrogen and oxygen atoms in total. The van der Waals surface area contributed by atoms with Crippen molar-refractivity contribution < 1.29 is 14.2 Å². The molecule has 1 saturated heterocycles. The topological polar surface area (TPSA) is 83.4 Å². The number of aromatic nitrogens is 3. The van der Waals surface area contributed by atoms with Gasteiger partial charge in [-0.05, 0) is 29.8 Å². The first-order valence-corrected chi connectivity index (χ1v) is 9.73. The van der Waals surface area contributed by atoms with E-state index >= 15 is 0 Å². The minimum Gasteiger partial charge on any atom is -0.504 e. The Bertz CT molecular complexity index is 1110. The maximum atomic E-state index is 13.8. The molecule has 0 amide bonds. The maximum Gasteiger partial charge on any atom is 0.213 e. The number of nitrogens with zero attached hydrogens (tertiary/aromatic N) is 4. The summed E-state index contributed by atoms with van der Waals surface area (Å²) in [7, 11) is 0. The molecule has 0 bridgehead atoms. The van der Waals surface area contributed by atoms with Gasteiger partial charge in [-0.25, -0.2) is 9.37 Å². The number of aromatic hydroxyl groups is 1. The quantitative estimate of drug-likeness (QED) is 0.688. The van der Waals surface area contributed by atoms with E-state index in [4.69, 9.17) is 4.74 Å². The van der Waals surface area contributed by atoms with Gasteiger partial charge in [-0.2, -0.15) is 0 Å². The molecule has 5 rings (SSSR count). The van der Waals surface area contributed by atoms with Gasteiger partial charge in [-0.1, -0.05) is 18.7 Å². The van der Waals surface area contributed by atoms with Crippen molar-refractivity contribution in [3.8, 4) is 22.9 Å². The molecule has 2 aliphatic heterocycles. The molecule has 2 atom stereocenters. The molecule has 152 valence electrons. The summed E-state index contributed by atoms with van der Waals surface area (Å²) in [5, 5.41) is 21.8. The van der Waals surface area contributed by atoms with Crippen LogP contribution in [0.2, 0.25) is 0 Å². The maximum absolute atomic E-state index is 13.8. The van der Waals surface area contributed by atoms with E-state index in [-0.39, 0.29) is 12.1 Å². The predicted molar refractivity (Wildman–Crippen MR) is 112 cm³/mol. The number of para-hydroxylation sites is 1. The van der Waals surface area contributed by atoms with Gasteiger partial charge in [0.1, 0.15) is 6.10 Å². The molecule has 0 radical (unpaired) electrons. The molecule has 0 spiro atoms. The standard InChI is InChI=1S/C22H20FN5O2/c1-2-13-6-7-20(24-10-13)30-15-8-14-11-25-22-19(28(14)12-15)9-18(26-27-22)16-4-3-5-17(23)21(16)29/h2-7,9-10,14-15,29H,1,8,11-12H2,(H,25,27). The molecule has 4 heterocycles. The summed E-state index contributed by atoms with van der Waals surface area (Å²) in [5.74, 6) is 0.133. The smallest absolute Gasteiger partial charge is 0.213 e. The second kappa shape index (κ2) is 7.29. The van der Waals surface area contributed by atoms with E-state index in [9.17, 15) is 9.50 Å². The molecule has 3 aromatic rings. The minimum atomic E-state index is -0.687. The van der Waals surface area contributed by atoms with E-state index in [1.807, 2.05) is 18.2 Å². The highest BCUT2D eigenvalue weighted by Gasteiger charge is 2.38. The molecule has 2 aromatic heterocycles. The van der Waals surface area contributed by atoms with Gasteiger partial charge in [0.05, 0.1) is 24.0 Å². The number of hydrogen-bond donors (Lipinski definition) is 2. The first-order valence-electron chi connectivity index (χ1n) is 9.73. The zero-order valence-corrected chi connectivity index (χ0v) is 16.1. The van der Waals surface area contributed by atoms with E-state index < -0.39 is 11.6 Å². The van der Waals surface area contributed by atoms with Gasteiger partial charge in [0.25, 0.3) is 0 Å². The Labute approximate surface area is 172 Å². The second-order valence-corrected chi connectivity index (χ2v) is 7.40. The lowest BCUT2D eigenvalue weighted by Gasteiger charge is -2.33. The number of halogens is 1. The zero-order chi connectivity index (χ0) is 20.7. The normalized spacial score (nSPS) is 19.6. The van der Waals surface area contributed by atoms with Crippen molar-refractivity contribution in [2.24, 2.45) is 0 Å². The SMILES string of the molecule is C=Cc1ccc(OC2CC3CNc4nnc(-c5cccc(F)c5O)cc4N3C2)nc1. The highest BCUT2D eigenvalue weighted by Crippen LogP contribution is 2.39. The van der Waals surface area contributed by atoms with E-state index in [2.05, 4.69) is 32.0 Å². The third-order valence-corrected chi connectivity index (χ3v) is 5.51. The molecule has 30 heavy (non-hydrogen) atoms. The van der Waals surface area contributed by atoms with Crippen LogP contribution in [0.4, 0.5) is 15.9 Å². The van der Waals surface area contributed by atoms with Crippen LogP contribution in [0.25, 0.3) is 17.3 Å². The van der Waals surface area contributed by atoms with Gasteiger partial charge in [0.2, 0.25) is 5.88 Å². The Hall–Kier alpha value is -3.68. The van der Waals surface area contributed by atoms with Gasteiger partial charge in [0.15, 0.2) is 17.4 Å². The summed E-state index contributed by atoms with van der Waals surface area (Å²) >= 11 is 0. The fourth-order valence-corrected chi connectivity index (χ4v) is 4.00. The monoisotopic (exact) mass is 405 g/mol. The van der Waals surface area contributed by atoms with Gasteiger partial charge in [0, 0.05) is 30.8 Å². The van der Waals surface area contributed by atoms with Crippen LogP contribution < -0.4 is 15.0 Å². The van der Waals surface area contributed by atoms with Crippen molar-refractivity contribution in [1.29, 1.82) is 0 Å². The van der Waals surface area contributed by atoms with E-state index in [0.717, 1.165) is 24.2 Å². The van der Waals surface area contributed by atoms with Crippen LogP contribution in [-0.4, -0.2) is 45.5 Å². The largest absolute Gasteiger partial charge is 0.504 e. The minimum absolute atomic E-state index is 0.0241. The van der Waals surface area contributed by atoms with E-state index in [0.29, 0.717) is 29.5 Å². The van der Waals surface area contributed by atoms with Gasteiger partial charge >= 0.3 is 0 Å². The highest BCUT2D eigenvalue weighted by molar-refractivity contribution is 5.76. The molecule has 1 fully saturated rings. The Balaban J connectivity index is 1.40. The molecule has 0 saturated carbocycles. The summed E-state index contributed by atoms with van der Waals surface area (Å²) < 4.78 is 19.9. The molecular formula is C22H20FN5O2. The molecule has 2 unspecified atom stereocenters. The second-order valence-electron chi connectivity index (χ2n) is 7.40. The fraction of sp³-hybridized carbons (Fsp3) is 0.227. The van der Waals surface area contributed by atoms with Crippen molar-refractivity contribution in [1.82, 2.24) is 15.2 Å². The number of fused-ring (bicyclic) bond motifs is 3. The highest BCUT2D eigenvalue weighted by atomic mass is 19.1. The summed E-state index contributed by atoms with van der Waals surface area (Å²) in [6.07, 6.45) is 4.28. The lowest BCUT2D eigenvalue weighted by Crippen LogP contribution is -2.40. The van der Waals surface area contributed by atoms with Crippen LogP contribution in [0.15, 0.2) is 49.2 Å². The number of ether oxygens (including phenoxy) is 1. The lowest BCUT2D eigenvalue weighted by atomic mass is 10.1. The number of benzene rings is 1. The number of nitrogens with one attached hydrogen (secondary N) is 1. The number of pyridine rings is 1. The Morgan fingerprint density at radius 3 is 2.97 bits per heavy atom. The van der Waals surface area contributed by atoms with Crippen LogP contribution in [-0.2, 0) is 0 Å². The van der Waals surface area contributed by atoms with E-state index in [1.165, 1.54) is 12.1 Å². The molecule has 0 aliphatic carbocycles. The van der Waals surface area contributed by atoms with Crippen molar-refractivity contribution in [2.75, 3.05) is 23.3 Å². The molecule has 1 aromatic carbocycles. The van der Waals surface area contributed by atoms with Gasteiger partial charge < -0.3 is 20.1 Å². The van der Waals surface area contributed by atoms with Crippen molar-refractivity contribution >= 4 is 17.6 Å². The number of anilines is 2. The van der Waals surface area contributed by atoms with Crippen molar-refractivity contribution in [3.63, 3.8) is 0 Å². The average Bonchev–Trinajstić information content (AvgIpc) is 3.19. The van der Waals surface area contributed by atoms with Crippen LogP contribution in [0.3, 0.4) is 0 Å². The average molecular weight is 405 g/mol. The third-order valence-electron chi connectivity index (χ3n) is 5.51. The molecule has 8 heteroatoms. The molecule has 2 aliphatic rings. The summed E-state index contributed by atoms with van der Waals surface area (Å²) in [5.41, 5.74) is 2.53. The number of phenols is 1. The molecular weight excluding hydrogens is 385 g/mol. The van der Waals surface area contributed by atoms with Crippen LogP contribution in [0, 0.1) is 5.82 Å².